The first kappa shape index (κ1) is 17.3. The molecule has 0 radical (unpaired) electrons. The number of para-hydroxylation sites is 1. The number of hydrogen-bond donors (Lipinski definition) is 3. The summed E-state index contributed by atoms with van der Waals surface area (Å²) in [6.07, 6.45) is 1.94. The van der Waals surface area contributed by atoms with Gasteiger partial charge in [0.25, 0.3) is 5.91 Å². The average Bonchev–Trinajstić information content (AvgIpc) is 3.25. The first-order valence-corrected chi connectivity index (χ1v) is 9.16. The summed E-state index contributed by atoms with van der Waals surface area (Å²) in [6, 6.07) is 5.87. The van der Waals surface area contributed by atoms with Gasteiger partial charge in [-0.1, -0.05) is 25.1 Å². The number of carbonyl (C=O) groups is 3. The van der Waals surface area contributed by atoms with Crippen LogP contribution in [0.3, 0.4) is 0 Å². The molecular formula is C17H19N3O4S. The van der Waals surface area contributed by atoms with Crippen molar-refractivity contribution in [2.24, 2.45) is 0 Å². The lowest BCUT2D eigenvalue weighted by atomic mass is 10.1. The van der Waals surface area contributed by atoms with Crippen molar-refractivity contribution in [3.8, 4) is 0 Å². The smallest absolute Gasteiger partial charge is 0.326 e. The van der Waals surface area contributed by atoms with E-state index in [1.54, 1.807) is 13.1 Å². The number of aromatic amines is 1. The number of nitrogens with one attached hydrogen (secondary N) is 2. The number of aromatic nitrogens is 1. The quantitative estimate of drug-likeness (QED) is 0.752. The molecule has 2 unspecified atom stereocenters. The van der Waals surface area contributed by atoms with Gasteiger partial charge in [0.1, 0.15) is 12.1 Å². The molecule has 2 aromatic rings. The fourth-order valence-corrected chi connectivity index (χ4v) is 4.02. The third kappa shape index (κ3) is 3.34. The van der Waals surface area contributed by atoms with E-state index in [2.05, 4.69) is 10.3 Å². The molecule has 3 N–H and O–H groups in total. The first-order chi connectivity index (χ1) is 12.0. The predicted molar refractivity (Wildman–Crippen MR) is 95.4 cm³/mol. The van der Waals surface area contributed by atoms with Crippen molar-refractivity contribution < 1.29 is 19.5 Å². The maximum Gasteiger partial charge on any atom is 0.326 e. The van der Waals surface area contributed by atoms with Crippen LogP contribution in [0.2, 0.25) is 0 Å². The van der Waals surface area contributed by atoms with E-state index in [1.807, 2.05) is 24.3 Å². The van der Waals surface area contributed by atoms with Crippen molar-refractivity contribution in [3.63, 3.8) is 0 Å². The van der Waals surface area contributed by atoms with Crippen molar-refractivity contribution in [1.82, 2.24) is 15.2 Å². The number of carboxylic acid groups (broad SMARTS) is 1. The van der Waals surface area contributed by atoms with Gasteiger partial charge < -0.3 is 20.3 Å². The summed E-state index contributed by atoms with van der Waals surface area (Å²) in [4.78, 5) is 41.1. The Morgan fingerprint density at radius 1 is 1.40 bits per heavy atom. The zero-order chi connectivity index (χ0) is 18.0. The minimum absolute atomic E-state index is 0.231. The van der Waals surface area contributed by atoms with E-state index in [4.69, 9.17) is 5.11 Å². The van der Waals surface area contributed by atoms with Crippen LogP contribution in [0.25, 0.3) is 10.9 Å². The molecule has 1 aromatic heterocycles. The molecule has 132 valence electrons. The Kier molecular flexibility index (Phi) is 4.98. The van der Waals surface area contributed by atoms with Gasteiger partial charge in [-0.2, -0.15) is 0 Å². The van der Waals surface area contributed by atoms with E-state index in [1.165, 1.54) is 16.7 Å². The first-order valence-electron chi connectivity index (χ1n) is 8.01. The zero-order valence-corrected chi connectivity index (χ0v) is 14.5. The number of aliphatic carboxylic acids is 1. The van der Waals surface area contributed by atoms with Crippen molar-refractivity contribution in [3.05, 3.63) is 36.0 Å². The maximum absolute atomic E-state index is 12.9. The molecule has 2 atom stereocenters. The van der Waals surface area contributed by atoms with E-state index >= 15 is 0 Å². The molecule has 1 aliphatic rings. The van der Waals surface area contributed by atoms with Gasteiger partial charge in [0.15, 0.2) is 0 Å². The second-order valence-corrected chi connectivity index (χ2v) is 6.85. The fourth-order valence-electron chi connectivity index (χ4n) is 2.87. The standard InChI is InChI=1S/C17H19N3O4S/c1-2-12(17(23)24)19-15(21)14-8-25-9-20(14)16(22)11-7-18-13-6-4-3-5-10(11)13/h3-7,12,14,18H,2,8-9H2,1H3,(H,19,21)(H,23,24). The Hall–Kier alpha value is -2.48. The van der Waals surface area contributed by atoms with Crippen molar-refractivity contribution in [1.29, 1.82) is 0 Å². The molecule has 2 amide bonds. The van der Waals surface area contributed by atoms with Crippen LogP contribution in [-0.4, -0.2) is 56.5 Å². The highest BCUT2D eigenvalue weighted by molar-refractivity contribution is 7.99. The number of carboxylic acids is 1. The van der Waals surface area contributed by atoms with Crippen LogP contribution in [0.15, 0.2) is 30.5 Å². The van der Waals surface area contributed by atoms with Gasteiger partial charge in [-0.05, 0) is 12.5 Å². The molecule has 7 nitrogen and oxygen atoms in total. The maximum atomic E-state index is 12.9. The summed E-state index contributed by atoms with van der Waals surface area (Å²) in [6.45, 7) is 1.69. The lowest BCUT2D eigenvalue weighted by Crippen LogP contribution is -2.51. The number of amides is 2. The molecule has 3 rings (SSSR count). The lowest BCUT2D eigenvalue weighted by Gasteiger charge is -2.24. The second kappa shape index (κ2) is 7.18. The van der Waals surface area contributed by atoms with E-state index in [-0.39, 0.29) is 12.3 Å². The number of thioether (sulfide) groups is 1. The summed E-state index contributed by atoms with van der Waals surface area (Å²) in [5.74, 6) is -0.870. The number of nitrogens with zero attached hydrogens (tertiary/aromatic N) is 1. The predicted octanol–water partition coefficient (Wildman–Crippen LogP) is 1.66. The number of benzene rings is 1. The van der Waals surface area contributed by atoms with Crippen molar-refractivity contribution >= 4 is 40.4 Å². The highest BCUT2D eigenvalue weighted by atomic mass is 32.2. The highest BCUT2D eigenvalue weighted by Gasteiger charge is 2.37. The Labute approximate surface area is 148 Å². The molecule has 0 aliphatic carbocycles. The van der Waals surface area contributed by atoms with Gasteiger partial charge in [-0.15, -0.1) is 11.8 Å². The van der Waals surface area contributed by atoms with Crippen LogP contribution in [-0.2, 0) is 9.59 Å². The van der Waals surface area contributed by atoms with Crippen LogP contribution >= 0.6 is 11.8 Å². The molecule has 0 saturated carbocycles. The van der Waals surface area contributed by atoms with E-state index in [0.717, 1.165) is 10.9 Å². The summed E-state index contributed by atoms with van der Waals surface area (Å²) in [7, 11) is 0. The van der Waals surface area contributed by atoms with E-state index < -0.39 is 24.0 Å². The number of fused-ring (bicyclic) bond motifs is 1. The SMILES string of the molecule is CCC(NC(=O)C1CSCN1C(=O)c1c[nH]c2ccccc12)C(=O)O. The summed E-state index contributed by atoms with van der Waals surface area (Å²) in [5.41, 5.74) is 1.37. The number of H-pyrrole nitrogens is 1. The van der Waals surface area contributed by atoms with Gasteiger partial charge in [0, 0.05) is 22.9 Å². The van der Waals surface area contributed by atoms with Crippen LogP contribution in [0, 0.1) is 0 Å². The minimum atomic E-state index is -1.07. The number of hydrogen-bond acceptors (Lipinski definition) is 4. The van der Waals surface area contributed by atoms with Crippen LogP contribution in [0.5, 0.6) is 0 Å². The molecule has 2 heterocycles. The fraction of sp³-hybridized carbons (Fsp3) is 0.353. The third-order valence-electron chi connectivity index (χ3n) is 4.29. The van der Waals surface area contributed by atoms with Crippen LogP contribution in [0.1, 0.15) is 23.7 Å². The van der Waals surface area contributed by atoms with Gasteiger partial charge >= 0.3 is 5.97 Å². The van der Waals surface area contributed by atoms with Crippen molar-refractivity contribution in [2.45, 2.75) is 25.4 Å². The molecule has 1 aromatic carbocycles. The number of carbonyl (C=O) groups excluding carboxylic acids is 2. The lowest BCUT2D eigenvalue weighted by molar-refractivity contribution is -0.142. The number of rotatable bonds is 5. The third-order valence-corrected chi connectivity index (χ3v) is 5.30. The van der Waals surface area contributed by atoms with E-state index in [9.17, 15) is 14.4 Å². The monoisotopic (exact) mass is 361 g/mol. The van der Waals surface area contributed by atoms with Gasteiger partial charge in [0.05, 0.1) is 11.4 Å². The molecule has 1 fully saturated rings. The van der Waals surface area contributed by atoms with Gasteiger partial charge in [-0.3, -0.25) is 9.59 Å². The molecule has 0 bridgehead atoms. The topological polar surface area (TPSA) is 103 Å². The molecule has 1 aliphatic heterocycles. The molecule has 8 heteroatoms. The zero-order valence-electron chi connectivity index (χ0n) is 13.7. The van der Waals surface area contributed by atoms with Crippen LogP contribution in [0.4, 0.5) is 0 Å². The second-order valence-electron chi connectivity index (χ2n) is 5.85. The van der Waals surface area contributed by atoms with Gasteiger partial charge in [-0.25, -0.2) is 4.79 Å². The normalized spacial score (nSPS) is 18.3. The van der Waals surface area contributed by atoms with E-state index in [0.29, 0.717) is 17.2 Å². The summed E-state index contributed by atoms with van der Waals surface area (Å²) in [5, 5.41) is 12.4. The molecule has 1 saturated heterocycles. The Balaban J connectivity index is 1.80. The largest absolute Gasteiger partial charge is 0.480 e. The molecule has 0 spiro atoms. The van der Waals surface area contributed by atoms with Crippen molar-refractivity contribution in [2.75, 3.05) is 11.6 Å². The Morgan fingerprint density at radius 3 is 2.88 bits per heavy atom. The molecule has 25 heavy (non-hydrogen) atoms. The van der Waals surface area contributed by atoms with Gasteiger partial charge in [0.2, 0.25) is 5.91 Å². The average molecular weight is 361 g/mol. The summed E-state index contributed by atoms with van der Waals surface area (Å²) >= 11 is 1.48. The highest BCUT2D eigenvalue weighted by Crippen LogP contribution is 2.26. The summed E-state index contributed by atoms with van der Waals surface area (Å²) < 4.78 is 0. The Morgan fingerprint density at radius 2 is 2.16 bits per heavy atom. The molecular weight excluding hydrogens is 342 g/mol. The van der Waals surface area contributed by atoms with Crippen LogP contribution < -0.4 is 5.32 Å². The Bertz CT molecular complexity index is 819. The minimum Gasteiger partial charge on any atom is -0.480 e.